The summed E-state index contributed by atoms with van der Waals surface area (Å²) in [6.07, 6.45) is 1.78. The minimum Gasteiger partial charge on any atom is -0.325 e. The molecule has 1 heterocycles. The molecular weight excluding hydrogens is 312 g/mol. The fourth-order valence-corrected chi connectivity index (χ4v) is 3.82. The number of anilines is 1. The SMILES string of the molecule is CC1CCN(S(=O)(=O)c2ccc(NC(=O)CCl)cc2)CC1. The van der Waals surface area contributed by atoms with E-state index < -0.39 is 10.0 Å². The molecule has 1 fully saturated rings. The minimum absolute atomic E-state index is 0.133. The van der Waals surface area contributed by atoms with Gasteiger partial charge in [-0.05, 0) is 43.0 Å². The van der Waals surface area contributed by atoms with E-state index in [4.69, 9.17) is 11.6 Å². The monoisotopic (exact) mass is 330 g/mol. The zero-order valence-electron chi connectivity index (χ0n) is 11.9. The van der Waals surface area contributed by atoms with Gasteiger partial charge in [0.25, 0.3) is 0 Å². The number of hydrogen-bond donors (Lipinski definition) is 1. The lowest BCUT2D eigenvalue weighted by atomic mass is 10.0. The molecule has 0 atom stereocenters. The zero-order valence-corrected chi connectivity index (χ0v) is 13.5. The first-order valence-electron chi connectivity index (χ1n) is 6.89. The van der Waals surface area contributed by atoms with Crippen molar-refractivity contribution in [1.29, 1.82) is 0 Å². The molecule has 0 saturated carbocycles. The molecule has 116 valence electrons. The van der Waals surface area contributed by atoms with Crippen molar-refractivity contribution in [3.8, 4) is 0 Å². The quantitative estimate of drug-likeness (QED) is 0.861. The number of benzene rings is 1. The number of carbonyl (C=O) groups excluding carboxylic acids is 1. The van der Waals surface area contributed by atoms with E-state index in [2.05, 4.69) is 12.2 Å². The van der Waals surface area contributed by atoms with Crippen molar-refractivity contribution in [3.05, 3.63) is 24.3 Å². The molecule has 0 bridgehead atoms. The Hall–Kier alpha value is -1.11. The van der Waals surface area contributed by atoms with Crippen LogP contribution in [0.5, 0.6) is 0 Å². The van der Waals surface area contributed by atoms with Crippen LogP contribution in [0.1, 0.15) is 19.8 Å². The third-order valence-corrected chi connectivity index (χ3v) is 5.80. The van der Waals surface area contributed by atoms with Crippen LogP contribution in [0.2, 0.25) is 0 Å². The molecule has 0 aromatic heterocycles. The summed E-state index contributed by atoms with van der Waals surface area (Å²) < 4.78 is 26.5. The lowest BCUT2D eigenvalue weighted by Gasteiger charge is -2.29. The van der Waals surface area contributed by atoms with Crippen molar-refractivity contribution in [2.45, 2.75) is 24.7 Å². The van der Waals surface area contributed by atoms with Crippen molar-refractivity contribution in [3.63, 3.8) is 0 Å². The van der Waals surface area contributed by atoms with E-state index in [0.29, 0.717) is 24.7 Å². The van der Waals surface area contributed by atoms with Crippen LogP contribution in [0.4, 0.5) is 5.69 Å². The fraction of sp³-hybridized carbons (Fsp3) is 0.500. The Morgan fingerprint density at radius 3 is 2.38 bits per heavy atom. The molecular formula is C14H19ClN2O3S. The van der Waals surface area contributed by atoms with Gasteiger partial charge in [-0.3, -0.25) is 4.79 Å². The van der Waals surface area contributed by atoms with Crippen LogP contribution in [-0.2, 0) is 14.8 Å². The van der Waals surface area contributed by atoms with Gasteiger partial charge in [0.1, 0.15) is 5.88 Å². The lowest BCUT2D eigenvalue weighted by molar-refractivity contribution is -0.113. The highest BCUT2D eigenvalue weighted by Crippen LogP contribution is 2.24. The summed E-state index contributed by atoms with van der Waals surface area (Å²) in [4.78, 5) is 11.4. The van der Waals surface area contributed by atoms with Crippen molar-refractivity contribution >= 4 is 33.2 Å². The van der Waals surface area contributed by atoms with Crippen LogP contribution in [0, 0.1) is 5.92 Å². The number of nitrogens with one attached hydrogen (secondary N) is 1. The molecule has 7 heteroatoms. The molecule has 1 amide bonds. The van der Waals surface area contributed by atoms with Crippen molar-refractivity contribution in [2.24, 2.45) is 5.92 Å². The third kappa shape index (κ3) is 3.96. The van der Waals surface area contributed by atoms with Crippen LogP contribution >= 0.6 is 11.6 Å². The number of sulfonamides is 1. The van der Waals surface area contributed by atoms with Crippen LogP contribution in [0.25, 0.3) is 0 Å². The van der Waals surface area contributed by atoms with E-state index in [1.807, 2.05) is 0 Å². The normalized spacial score (nSPS) is 17.6. The Kier molecular flexibility index (Phi) is 5.24. The van der Waals surface area contributed by atoms with Gasteiger partial charge in [0.15, 0.2) is 0 Å². The summed E-state index contributed by atoms with van der Waals surface area (Å²) >= 11 is 5.40. The number of hydrogen-bond acceptors (Lipinski definition) is 3. The molecule has 0 unspecified atom stereocenters. The molecule has 0 spiro atoms. The fourth-order valence-electron chi connectivity index (χ4n) is 2.28. The zero-order chi connectivity index (χ0) is 15.5. The smallest absolute Gasteiger partial charge is 0.243 e. The first-order chi connectivity index (χ1) is 9.93. The number of halogens is 1. The van der Waals surface area contributed by atoms with Gasteiger partial charge >= 0.3 is 0 Å². The van der Waals surface area contributed by atoms with E-state index in [-0.39, 0.29) is 16.7 Å². The molecule has 1 saturated heterocycles. The van der Waals surface area contributed by atoms with Crippen LogP contribution < -0.4 is 5.32 Å². The summed E-state index contributed by atoms with van der Waals surface area (Å²) in [6.45, 7) is 3.26. The Labute approximate surface area is 130 Å². The molecule has 0 radical (unpaired) electrons. The summed E-state index contributed by atoms with van der Waals surface area (Å²) in [5.74, 6) is 0.119. The van der Waals surface area contributed by atoms with E-state index in [1.165, 1.54) is 16.4 Å². The van der Waals surface area contributed by atoms with Gasteiger partial charge in [-0.2, -0.15) is 4.31 Å². The van der Waals surface area contributed by atoms with E-state index in [1.54, 1.807) is 12.1 Å². The maximum atomic E-state index is 12.5. The summed E-state index contributed by atoms with van der Waals surface area (Å²) in [7, 11) is -3.44. The summed E-state index contributed by atoms with van der Waals surface area (Å²) in [5, 5.41) is 2.58. The van der Waals surface area contributed by atoms with Gasteiger partial charge in [-0.25, -0.2) is 8.42 Å². The third-order valence-electron chi connectivity index (χ3n) is 3.64. The van der Waals surface area contributed by atoms with Gasteiger partial charge in [0.2, 0.25) is 15.9 Å². The molecule has 2 rings (SSSR count). The summed E-state index contributed by atoms with van der Waals surface area (Å²) in [6, 6.07) is 6.17. The van der Waals surface area contributed by atoms with Crippen LogP contribution in [-0.4, -0.2) is 37.6 Å². The molecule has 1 aromatic rings. The molecule has 1 N–H and O–H groups in total. The number of amides is 1. The van der Waals surface area contributed by atoms with Crippen LogP contribution in [0.15, 0.2) is 29.2 Å². The second-order valence-electron chi connectivity index (χ2n) is 5.29. The average molecular weight is 331 g/mol. The number of nitrogens with zero attached hydrogens (tertiary/aromatic N) is 1. The average Bonchev–Trinajstić information content (AvgIpc) is 2.48. The molecule has 0 aliphatic carbocycles. The lowest BCUT2D eigenvalue weighted by Crippen LogP contribution is -2.37. The van der Waals surface area contributed by atoms with Crippen LogP contribution in [0.3, 0.4) is 0 Å². The second kappa shape index (κ2) is 6.77. The van der Waals surface area contributed by atoms with Gasteiger partial charge in [0, 0.05) is 18.8 Å². The first-order valence-corrected chi connectivity index (χ1v) is 8.87. The molecule has 1 aliphatic rings. The Balaban J connectivity index is 2.12. The van der Waals surface area contributed by atoms with Crippen molar-refractivity contribution in [2.75, 3.05) is 24.3 Å². The van der Waals surface area contributed by atoms with Gasteiger partial charge in [-0.1, -0.05) is 6.92 Å². The number of alkyl halides is 1. The first kappa shape index (κ1) is 16.3. The number of piperidine rings is 1. The molecule has 1 aliphatic heterocycles. The maximum absolute atomic E-state index is 12.5. The van der Waals surface area contributed by atoms with Gasteiger partial charge in [-0.15, -0.1) is 11.6 Å². The Morgan fingerprint density at radius 1 is 1.29 bits per heavy atom. The summed E-state index contributed by atoms with van der Waals surface area (Å²) in [5.41, 5.74) is 0.534. The standard InChI is InChI=1S/C14H19ClN2O3S/c1-11-6-8-17(9-7-11)21(19,20)13-4-2-12(3-5-13)16-14(18)10-15/h2-5,11H,6-10H2,1H3,(H,16,18). The predicted molar refractivity (Wildman–Crippen MR) is 82.9 cm³/mol. The van der Waals surface area contributed by atoms with E-state index in [0.717, 1.165) is 12.8 Å². The van der Waals surface area contributed by atoms with E-state index in [9.17, 15) is 13.2 Å². The van der Waals surface area contributed by atoms with E-state index >= 15 is 0 Å². The number of carbonyl (C=O) groups is 1. The molecule has 21 heavy (non-hydrogen) atoms. The highest BCUT2D eigenvalue weighted by Gasteiger charge is 2.27. The van der Waals surface area contributed by atoms with Gasteiger partial charge < -0.3 is 5.32 Å². The van der Waals surface area contributed by atoms with Crippen molar-refractivity contribution < 1.29 is 13.2 Å². The molecule has 1 aromatic carbocycles. The largest absolute Gasteiger partial charge is 0.325 e. The topological polar surface area (TPSA) is 66.5 Å². The van der Waals surface area contributed by atoms with Gasteiger partial charge in [0.05, 0.1) is 4.90 Å². The predicted octanol–water partition coefficient (Wildman–Crippen LogP) is 2.28. The highest BCUT2D eigenvalue weighted by molar-refractivity contribution is 7.89. The number of rotatable bonds is 4. The second-order valence-corrected chi connectivity index (χ2v) is 7.50. The highest BCUT2D eigenvalue weighted by atomic mass is 35.5. The minimum atomic E-state index is -3.44. The maximum Gasteiger partial charge on any atom is 0.243 e. The Bertz CT molecular complexity index is 593. The Morgan fingerprint density at radius 2 is 1.86 bits per heavy atom. The molecule has 5 nitrogen and oxygen atoms in total. The van der Waals surface area contributed by atoms with Crippen molar-refractivity contribution in [1.82, 2.24) is 4.31 Å².